The number of aliphatic hydroxyl groups is 4. The lowest BCUT2D eigenvalue weighted by atomic mass is 9.49. The zero-order chi connectivity index (χ0) is 45.7. The molecule has 0 heterocycles. The maximum atomic E-state index is 13.3. The fraction of sp³-hybridized carbons (Fsp3) is 0.685. The van der Waals surface area contributed by atoms with Gasteiger partial charge in [-0.1, -0.05) is 64.1 Å². The molecule has 63 heavy (non-hydrogen) atoms. The van der Waals surface area contributed by atoms with Gasteiger partial charge in [-0.3, -0.25) is 4.79 Å². The van der Waals surface area contributed by atoms with E-state index < -0.39 is 0 Å². The number of allylic oxidation sites excluding steroid dienone is 2. The Labute approximate surface area is 377 Å². The van der Waals surface area contributed by atoms with Crippen LogP contribution in [0.25, 0.3) is 0 Å². The molecule has 0 amide bonds. The number of carbonyl (C=O) groups is 1. The number of nitrogens with two attached hydrogens (primary N) is 1. The van der Waals surface area contributed by atoms with Gasteiger partial charge in [-0.25, -0.2) is 8.78 Å². The Bertz CT molecular complexity index is 1840. The number of hydrogen-bond donors (Lipinski definition) is 6. The van der Waals surface area contributed by atoms with Gasteiger partial charge in [0.25, 0.3) is 0 Å². The summed E-state index contributed by atoms with van der Waals surface area (Å²) in [5.74, 6) is 3.27. The number of rotatable bonds is 10. The van der Waals surface area contributed by atoms with Gasteiger partial charge < -0.3 is 31.5 Å². The van der Waals surface area contributed by atoms with Gasteiger partial charge in [-0.15, -0.1) is 0 Å². The van der Waals surface area contributed by atoms with Crippen molar-refractivity contribution in [3.05, 3.63) is 95.6 Å². The average Bonchev–Trinajstić information content (AvgIpc) is 3.76. The summed E-state index contributed by atoms with van der Waals surface area (Å²) in [7, 11) is 0. The van der Waals surface area contributed by atoms with Crippen LogP contribution in [0.5, 0.6) is 0 Å². The summed E-state index contributed by atoms with van der Waals surface area (Å²) in [6.45, 7) is 21.2. The smallest absolute Gasteiger partial charge is 0.150 e. The third-order valence-corrected chi connectivity index (χ3v) is 18.8. The number of hydrogen-bond acceptors (Lipinski definition) is 7. The molecule has 2 aromatic carbocycles. The minimum absolute atomic E-state index is 0.0570. The Hall–Kier alpha value is -2.79. The number of halogens is 2. The lowest BCUT2D eigenvalue weighted by Gasteiger charge is -2.56. The van der Waals surface area contributed by atoms with Gasteiger partial charge in [-0.2, -0.15) is 0 Å². The largest absolute Gasteiger partial charge is 0.396 e. The molecule has 0 bridgehead atoms. The Morgan fingerprint density at radius 3 is 1.56 bits per heavy atom. The van der Waals surface area contributed by atoms with Crippen molar-refractivity contribution in [2.75, 3.05) is 26.3 Å². The van der Waals surface area contributed by atoms with Crippen molar-refractivity contribution in [2.24, 2.45) is 74.7 Å². The van der Waals surface area contributed by atoms with Gasteiger partial charge in [0.2, 0.25) is 0 Å². The molecule has 7 nitrogen and oxygen atoms in total. The molecule has 0 saturated heterocycles. The van der Waals surface area contributed by atoms with Crippen LogP contribution in [0.3, 0.4) is 0 Å². The van der Waals surface area contributed by atoms with E-state index >= 15 is 0 Å². The summed E-state index contributed by atoms with van der Waals surface area (Å²) in [4.78, 5) is 10.00. The Morgan fingerprint density at radius 1 is 0.667 bits per heavy atom. The van der Waals surface area contributed by atoms with Gasteiger partial charge in [-0.05, 0) is 214 Å². The second-order valence-corrected chi connectivity index (χ2v) is 21.7. The highest BCUT2D eigenvalue weighted by molar-refractivity contribution is 5.74. The lowest BCUT2D eigenvalue weighted by Crippen LogP contribution is -2.53. The van der Waals surface area contributed by atoms with E-state index in [9.17, 15) is 34.0 Å². The van der Waals surface area contributed by atoms with Crippen LogP contribution < -0.4 is 11.1 Å². The van der Waals surface area contributed by atoms with Crippen LogP contribution in [0.15, 0.2) is 72.8 Å². The molecular weight excluding hydrogens is 795 g/mol. The standard InChI is InChI=1S/C27H40FNO2.C20H35NO2.C7H5FO/c1-18-4-9-24-23(16-29-15-19-5-7-21(28)8-6-19)25(11-13-26(18,24)2)27(3)12-10-22(31)14-20(27)17-30;1-13-4-5-17-16(11-21)18(7-9-19(13,17)2)20(3)8-6-15(23)10-14(20)12-22;8-7-3-1-6(5-9)2-4-7/h5-8,20,22-25,29-31H,1,4,9-17H2,2-3H3;14-18,22-23H,1,4-12,21H2,2-3H3;1-5H/t20-,22+,23+,24+,25+,26-,27+;14-,15+,16+,17+,18+,19-,20+;/m11./s1. The first-order chi connectivity index (χ1) is 30.0. The monoisotopic (exact) mass is 875 g/mol. The first kappa shape index (κ1) is 49.6. The molecule has 6 aliphatic rings. The molecule has 8 rings (SSSR count). The molecule has 14 atom stereocenters. The maximum absolute atomic E-state index is 13.3. The van der Waals surface area contributed by atoms with E-state index in [4.69, 9.17) is 5.73 Å². The van der Waals surface area contributed by atoms with Gasteiger partial charge in [0.15, 0.2) is 0 Å². The van der Waals surface area contributed by atoms with E-state index in [2.05, 4.69) is 46.2 Å². The summed E-state index contributed by atoms with van der Waals surface area (Å²) >= 11 is 0. The Balaban J connectivity index is 0.000000180. The summed E-state index contributed by atoms with van der Waals surface area (Å²) < 4.78 is 25.4. The Morgan fingerprint density at radius 2 is 1.11 bits per heavy atom. The highest BCUT2D eigenvalue weighted by Crippen LogP contribution is 2.65. The zero-order valence-corrected chi connectivity index (χ0v) is 38.8. The number of nitrogens with one attached hydrogen (secondary N) is 1. The molecule has 0 aliphatic heterocycles. The van der Waals surface area contributed by atoms with E-state index in [1.807, 2.05) is 12.1 Å². The summed E-state index contributed by atoms with van der Waals surface area (Å²) in [6.07, 6.45) is 14.8. The number of aliphatic hydroxyl groups excluding tert-OH is 4. The van der Waals surface area contributed by atoms with Crippen molar-refractivity contribution in [1.29, 1.82) is 0 Å². The molecule has 6 aliphatic carbocycles. The molecule has 7 N–H and O–H groups in total. The van der Waals surface area contributed by atoms with Crippen LogP contribution in [0.1, 0.15) is 134 Å². The van der Waals surface area contributed by atoms with E-state index in [0.29, 0.717) is 53.8 Å². The van der Waals surface area contributed by atoms with E-state index in [1.165, 1.54) is 79.6 Å². The van der Waals surface area contributed by atoms with Crippen LogP contribution in [0.4, 0.5) is 8.78 Å². The predicted octanol–water partition coefficient (Wildman–Crippen LogP) is 9.82. The van der Waals surface area contributed by atoms with Crippen LogP contribution >= 0.6 is 0 Å². The van der Waals surface area contributed by atoms with E-state index in [-0.39, 0.29) is 70.6 Å². The topological polar surface area (TPSA) is 136 Å². The molecule has 9 heteroatoms. The fourth-order valence-corrected chi connectivity index (χ4v) is 14.5. The van der Waals surface area contributed by atoms with Crippen molar-refractivity contribution in [3.8, 4) is 0 Å². The first-order valence-electron chi connectivity index (χ1n) is 24.3. The van der Waals surface area contributed by atoms with Gasteiger partial charge in [0, 0.05) is 25.3 Å². The molecule has 0 radical (unpaired) electrons. The Kier molecular flexibility index (Phi) is 16.4. The molecule has 0 spiro atoms. The lowest BCUT2D eigenvalue weighted by molar-refractivity contribution is -0.0933. The molecule has 0 aromatic heterocycles. The second kappa shape index (κ2) is 20.8. The number of fused-ring (bicyclic) bond motifs is 2. The van der Waals surface area contributed by atoms with Crippen molar-refractivity contribution < 1.29 is 34.0 Å². The van der Waals surface area contributed by atoms with Gasteiger partial charge >= 0.3 is 0 Å². The minimum Gasteiger partial charge on any atom is -0.396 e. The van der Waals surface area contributed by atoms with Crippen molar-refractivity contribution >= 4 is 6.29 Å². The normalized spacial score (nSPS) is 39.9. The van der Waals surface area contributed by atoms with E-state index in [1.54, 1.807) is 0 Å². The SMILES string of the molecule is C=C1CC[C@H]2[C@H](CN)[C@@H]([C@@]3(C)CC[C@H](O)C[C@@H]3CO)CC[C@]12C.C=C1CC[C@H]2[C@H](CNCc3ccc(F)cc3)[C@@H]([C@@]3(C)CC[C@H](O)C[C@@H]3CO)CC[C@]12C.O=Cc1ccc(F)cc1. The van der Waals surface area contributed by atoms with Crippen LogP contribution in [0, 0.1) is 80.6 Å². The summed E-state index contributed by atoms with van der Waals surface area (Å²) in [5, 5.41) is 44.2. The molecule has 350 valence electrons. The van der Waals surface area contributed by atoms with E-state index in [0.717, 1.165) is 76.6 Å². The third kappa shape index (κ3) is 10.3. The highest BCUT2D eigenvalue weighted by atomic mass is 19.1. The van der Waals surface area contributed by atoms with Crippen molar-refractivity contribution in [1.82, 2.24) is 5.32 Å². The predicted molar refractivity (Wildman–Crippen MR) is 248 cm³/mol. The minimum atomic E-state index is -0.319. The summed E-state index contributed by atoms with van der Waals surface area (Å²) in [5.41, 5.74) is 11.4. The first-order valence-corrected chi connectivity index (χ1v) is 24.3. The van der Waals surface area contributed by atoms with Crippen LogP contribution in [-0.4, -0.2) is 65.2 Å². The van der Waals surface area contributed by atoms with Gasteiger partial charge in [0.05, 0.1) is 12.2 Å². The van der Waals surface area contributed by atoms with Crippen molar-refractivity contribution in [3.63, 3.8) is 0 Å². The quantitative estimate of drug-likeness (QED) is 0.103. The highest BCUT2D eigenvalue weighted by Gasteiger charge is 2.58. The number of carbonyl (C=O) groups excluding carboxylic acids is 1. The van der Waals surface area contributed by atoms with Crippen LogP contribution in [0.2, 0.25) is 0 Å². The second-order valence-electron chi connectivity index (χ2n) is 21.7. The number of benzene rings is 2. The van der Waals surface area contributed by atoms with Crippen LogP contribution in [-0.2, 0) is 6.54 Å². The molecule has 2 aromatic rings. The maximum Gasteiger partial charge on any atom is 0.150 e. The number of aldehydes is 1. The summed E-state index contributed by atoms with van der Waals surface area (Å²) in [6, 6.07) is 12.1. The molecular formula is C54H80F2N2O5. The molecule has 6 fully saturated rings. The molecule has 6 saturated carbocycles. The fourth-order valence-electron chi connectivity index (χ4n) is 14.5. The van der Waals surface area contributed by atoms with Gasteiger partial charge in [0.1, 0.15) is 17.9 Å². The zero-order valence-electron chi connectivity index (χ0n) is 38.8. The van der Waals surface area contributed by atoms with Crippen molar-refractivity contribution in [2.45, 2.75) is 136 Å². The average molecular weight is 875 g/mol. The third-order valence-electron chi connectivity index (χ3n) is 18.8. The molecule has 0 unspecified atom stereocenters.